The SMILES string of the molecule is Cc1ccc(C(C)NS(=O)(=O)c2cnn(CCN)c2)s1. The van der Waals surface area contributed by atoms with Crippen molar-refractivity contribution in [2.75, 3.05) is 6.54 Å². The van der Waals surface area contributed by atoms with Crippen LogP contribution in [0.4, 0.5) is 0 Å². The van der Waals surface area contributed by atoms with Gasteiger partial charge in [0.25, 0.3) is 0 Å². The van der Waals surface area contributed by atoms with Gasteiger partial charge >= 0.3 is 0 Å². The first-order chi connectivity index (χ1) is 9.42. The zero-order valence-electron chi connectivity index (χ0n) is 11.4. The van der Waals surface area contributed by atoms with E-state index in [0.717, 1.165) is 9.75 Å². The highest BCUT2D eigenvalue weighted by atomic mass is 32.2. The number of nitrogens with zero attached hydrogens (tertiary/aromatic N) is 2. The Morgan fingerprint density at radius 1 is 1.50 bits per heavy atom. The molecular formula is C12H18N4O2S2. The lowest BCUT2D eigenvalue weighted by molar-refractivity contribution is 0.567. The highest BCUT2D eigenvalue weighted by Crippen LogP contribution is 2.23. The molecule has 0 amide bonds. The van der Waals surface area contributed by atoms with Gasteiger partial charge < -0.3 is 5.73 Å². The summed E-state index contributed by atoms with van der Waals surface area (Å²) in [5.41, 5.74) is 5.41. The molecule has 0 bridgehead atoms. The summed E-state index contributed by atoms with van der Waals surface area (Å²) in [5, 5.41) is 3.98. The van der Waals surface area contributed by atoms with Gasteiger partial charge in [-0.2, -0.15) is 5.10 Å². The maximum absolute atomic E-state index is 12.2. The van der Waals surface area contributed by atoms with Crippen LogP contribution in [-0.4, -0.2) is 24.7 Å². The molecule has 0 saturated heterocycles. The molecule has 0 aliphatic heterocycles. The quantitative estimate of drug-likeness (QED) is 0.839. The molecule has 0 aliphatic carbocycles. The molecule has 0 aliphatic rings. The van der Waals surface area contributed by atoms with Crippen LogP contribution >= 0.6 is 11.3 Å². The predicted octanol–water partition coefficient (Wildman–Crippen LogP) is 1.25. The maximum Gasteiger partial charge on any atom is 0.244 e. The number of hydrogen-bond donors (Lipinski definition) is 2. The second-order valence-electron chi connectivity index (χ2n) is 4.52. The molecule has 2 heterocycles. The number of sulfonamides is 1. The fourth-order valence-electron chi connectivity index (χ4n) is 1.78. The van der Waals surface area contributed by atoms with Crippen molar-refractivity contribution < 1.29 is 8.42 Å². The van der Waals surface area contributed by atoms with Gasteiger partial charge in [0.1, 0.15) is 4.90 Å². The first kappa shape index (κ1) is 15.2. The van der Waals surface area contributed by atoms with E-state index in [-0.39, 0.29) is 10.9 Å². The van der Waals surface area contributed by atoms with Crippen molar-refractivity contribution in [3.8, 4) is 0 Å². The Morgan fingerprint density at radius 3 is 2.85 bits per heavy atom. The molecule has 0 fully saturated rings. The fraction of sp³-hybridized carbons (Fsp3) is 0.417. The van der Waals surface area contributed by atoms with E-state index in [1.54, 1.807) is 11.3 Å². The second-order valence-corrected chi connectivity index (χ2v) is 7.55. The van der Waals surface area contributed by atoms with E-state index in [1.165, 1.54) is 17.1 Å². The van der Waals surface area contributed by atoms with E-state index in [1.807, 2.05) is 26.0 Å². The summed E-state index contributed by atoms with van der Waals surface area (Å²) < 4.78 is 28.7. The number of rotatable bonds is 6. The molecule has 2 aromatic rings. The Kier molecular flexibility index (Phi) is 4.59. The molecule has 110 valence electrons. The number of nitrogens with two attached hydrogens (primary N) is 1. The van der Waals surface area contributed by atoms with Crippen LogP contribution < -0.4 is 10.5 Å². The molecule has 3 N–H and O–H groups in total. The van der Waals surface area contributed by atoms with E-state index in [4.69, 9.17) is 5.73 Å². The van der Waals surface area contributed by atoms with Gasteiger partial charge in [-0.3, -0.25) is 4.68 Å². The first-order valence-electron chi connectivity index (χ1n) is 6.23. The van der Waals surface area contributed by atoms with Gasteiger partial charge in [-0.15, -0.1) is 11.3 Å². The van der Waals surface area contributed by atoms with Gasteiger partial charge in [-0.1, -0.05) is 0 Å². The number of thiophene rings is 1. The van der Waals surface area contributed by atoms with Crippen molar-refractivity contribution in [2.24, 2.45) is 5.73 Å². The normalized spacial score (nSPS) is 13.6. The number of aromatic nitrogens is 2. The Bertz CT molecular complexity index is 675. The third-order valence-corrected chi connectivity index (χ3v) is 5.48. The lowest BCUT2D eigenvalue weighted by Crippen LogP contribution is -2.26. The van der Waals surface area contributed by atoms with Crippen molar-refractivity contribution in [2.45, 2.75) is 31.3 Å². The van der Waals surface area contributed by atoms with Crippen molar-refractivity contribution in [1.29, 1.82) is 0 Å². The molecule has 0 saturated carbocycles. The number of aryl methyl sites for hydroxylation is 1. The first-order valence-corrected chi connectivity index (χ1v) is 8.53. The Balaban J connectivity index is 2.13. The maximum atomic E-state index is 12.2. The van der Waals surface area contributed by atoms with E-state index >= 15 is 0 Å². The van der Waals surface area contributed by atoms with Crippen LogP contribution in [0.25, 0.3) is 0 Å². The molecule has 2 aromatic heterocycles. The van der Waals surface area contributed by atoms with E-state index in [2.05, 4.69) is 9.82 Å². The average molecular weight is 314 g/mol. The molecule has 6 nitrogen and oxygen atoms in total. The smallest absolute Gasteiger partial charge is 0.244 e. The molecule has 20 heavy (non-hydrogen) atoms. The minimum Gasteiger partial charge on any atom is -0.329 e. The van der Waals surface area contributed by atoms with E-state index < -0.39 is 10.0 Å². The molecule has 0 spiro atoms. The summed E-state index contributed by atoms with van der Waals surface area (Å²) in [6, 6.07) is 3.64. The summed E-state index contributed by atoms with van der Waals surface area (Å²) in [4.78, 5) is 2.30. The third kappa shape index (κ3) is 3.45. The summed E-state index contributed by atoms with van der Waals surface area (Å²) >= 11 is 1.58. The largest absolute Gasteiger partial charge is 0.329 e. The average Bonchev–Trinajstić information content (AvgIpc) is 2.98. The van der Waals surface area contributed by atoms with Crippen LogP contribution in [0.5, 0.6) is 0 Å². The van der Waals surface area contributed by atoms with Gasteiger partial charge in [0.2, 0.25) is 10.0 Å². The van der Waals surface area contributed by atoms with Crippen LogP contribution in [0, 0.1) is 6.92 Å². The van der Waals surface area contributed by atoms with Gasteiger partial charge in [0.05, 0.1) is 18.8 Å². The topological polar surface area (TPSA) is 90.0 Å². The minimum atomic E-state index is -3.56. The summed E-state index contributed by atoms with van der Waals surface area (Å²) in [7, 11) is -3.56. The van der Waals surface area contributed by atoms with E-state index in [9.17, 15) is 8.42 Å². The van der Waals surface area contributed by atoms with Gasteiger partial charge in [0.15, 0.2) is 0 Å². The highest BCUT2D eigenvalue weighted by molar-refractivity contribution is 7.89. The molecule has 8 heteroatoms. The minimum absolute atomic E-state index is 0.158. The zero-order valence-corrected chi connectivity index (χ0v) is 13.0. The van der Waals surface area contributed by atoms with Crippen LogP contribution in [0.15, 0.2) is 29.4 Å². The fourth-order valence-corrected chi connectivity index (χ4v) is 3.91. The Morgan fingerprint density at radius 2 is 2.25 bits per heavy atom. The van der Waals surface area contributed by atoms with Gasteiger partial charge in [-0.05, 0) is 26.0 Å². The lowest BCUT2D eigenvalue weighted by atomic mass is 10.3. The van der Waals surface area contributed by atoms with Crippen LogP contribution in [-0.2, 0) is 16.6 Å². The molecule has 0 radical (unpaired) electrons. The summed E-state index contributed by atoms with van der Waals surface area (Å²) in [5.74, 6) is 0. The van der Waals surface area contributed by atoms with Gasteiger partial charge in [0, 0.05) is 22.5 Å². The molecular weight excluding hydrogens is 296 g/mol. The Hall–Kier alpha value is -1.22. The molecule has 1 unspecified atom stereocenters. The lowest BCUT2D eigenvalue weighted by Gasteiger charge is -2.11. The van der Waals surface area contributed by atoms with Crippen molar-refractivity contribution in [3.63, 3.8) is 0 Å². The second kappa shape index (κ2) is 6.04. The molecule has 0 aromatic carbocycles. The van der Waals surface area contributed by atoms with E-state index in [0.29, 0.717) is 13.1 Å². The zero-order chi connectivity index (χ0) is 14.8. The monoisotopic (exact) mass is 314 g/mol. The predicted molar refractivity (Wildman–Crippen MR) is 79.1 cm³/mol. The number of hydrogen-bond acceptors (Lipinski definition) is 5. The van der Waals surface area contributed by atoms with Crippen LogP contribution in [0.3, 0.4) is 0 Å². The van der Waals surface area contributed by atoms with Gasteiger partial charge in [-0.25, -0.2) is 13.1 Å². The van der Waals surface area contributed by atoms with Crippen LogP contribution in [0.1, 0.15) is 22.7 Å². The number of nitrogens with one attached hydrogen (secondary N) is 1. The summed E-state index contributed by atoms with van der Waals surface area (Å²) in [6.45, 7) is 4.73. The third-order valence-electron chi connectivity index (χ3n) is 2.80. The van der Waals surface area contributed by atoms with Crippen molar-refractivity contribution in [3.05, 3.63) is 34.3 Å². The van der Waals surface area contributed by atoms with Crippen molar-refractivity contribution >= 4 is 21.4 Å². The molecule has 1 atom stereocenters. The standard InChI is InChI=1S/C12H18N4O2S2/c1-9-3-4-12(19-9)10(2)15-20(17,18)11-7-14-16(8-11)6-5-13/h3-4,7-8,10,15H,5-6,13H2,1-2H3. The van der Waals surface area contributed by atoms with Crippen molar-refractivity contribution in [1.82, 2.24) is 14.5 Å². The summed E-state index contributed by atoms with van der Waals surface area (Å²) in [6.07, 6.45) is 2.83. The van der Waals surface area contributed by atoms with Crippen LogP contribution in [0.2, 0.25) is 0 Å². The Labute approximate surface area is 122 Å². The molecule has 2 rings (SSSR count). The highest BCUT2D eigenvalue weighted by Gasteiger charge is 2.20.